The number of hydrogen-bond acceptors (Lipinski definition) is 4. The van der Waals surface area contributed by atoms with Gasteiger partial charge in [-0.25, -0.2) is 0 Å². The molecular weight excluding hydrogens is 428 g/mol. The maximum absolute atomic E-state index is 12.7. The van der Waals surface area contributed by atoms with Crippen LogP contribution >= 0.6 is 0 Å². The van der Waals surface area contributed by atoms with Crippen molar-refractivity contribution in [1.82, 2.24) is 4.90 Å². The minimum atomic E-state index is -0.440. The number of nitro groups is 1. The Balaban J connectivity index is 1.21. The van der Waals surface area contributed by atoms with E-state index in [0.29, 0.717) is 13.1 Å². The van der Waals surface area contributed by atoms with Gasteiger partial charge in [0.1, 0.15) is 11.4 Å². The maximum Gasteiger partial charge on any atom is 0.269 e. The first-order valence-corrected chi connectivity index (χ1v) is 11.3. The van der Waals surface area contributed by atoms with Gasteiger partial charge in [0.15, 0.2) is 0 Å². The molecule has 2 heterocycles. The van der Waals surface area contributed by atoms with Crippen LogP contribution in [0.25, 0.3) is 23.3 Å². The Morgan fingerprint density at radius 1 is 0.971 bits per heavy atom. The molecule has 170 valence electrons. The third-order valence-electron chi connectivity index (χ3n) is 6.44. The lowest BCUT2D eigenvalue weighted by atomic mass is 9.87. The van der Waals surface area contributed by atoms with Gasteiger partial charge in [-0.05, 0) is 53.1 Å². The molecule has 0 unspecified atom stereocenters. The smallest absolute Gasteiger partial charge is 0.269 e. The molecule has 1 fully saturated rings. The summed E-state index contributed by atoms with van der Waals surface area (Å²) in [5, 5.41) is 10.8. The van der Waals surface area contributed by atoms with Crippen molar-refractivity contribution >= 4 is 23.7 Å². The van der Waals surface area contributed by atoms with E-state index < -0.39 is 4.92 Å². The van der Waals surface area contributed by atoms with Gasteiger partial charge in [0, 0.05) is 49.7 Å². The molecule has 0 bridgehead atoms. The molecule has 1 amide bonds. The van der Waals surface area contributed by atoms with E-state index in [4.69, 9.17) is 4.74 Å². The normalized spacial score (nSPS) is 16.3. The molecule has 3 aromatic carbocycles. The van der Waals surface area contributed by atoms with Crippen LogP contribution in [0.15, 0.2) is 84.9 Å². The van der Waals surface area contributed by atoms with Crippen molar-refractivity contribution in [1.29, 1.82) is 0 Å². The molecular formula is C28H24N2O4. The number of carbonyl (C=O) groups excluding carboxylic acids is 1. The Morgan fingerprint density at radius 3 is 2.41 bits per heavy atom. The highest BCUT2D eigenvalue weighted by Gasteiger charge is 2.37. The summed E-state index contributed by atoms with van der Waals surface area (Å²) in [7, 11) is 0. The third kappa shape index (κ3) is 4.48. The van der Waals surface area contributed by atoms with Crippen LogP contribution in [0.5, 0.6) is 5.75 Å². The monoisotopic (exact) mass is 452 g/mol. The lowest BCUT2D eigenvalue weighted by Crippen LogP contribution is -2.49. The average molecular weight is 453 g/mol. The third-order valence-corrected chi connectivity index (χ3v) is 6.44. The predicted octanol–water partition coefficient (Wildman–Crippen LogP) is 5.74. The van der Waals surface area contributed by atoms with Crippen molar-refractivity contribution < 1.29 is 14.5 Å². The Bertz CT molecular complexity index is 1270. The average Bonchev–Trinajstić information content (AvgIpc) is 2.88. The van der Waals surface area contributed by atoms with Gasteiger partial charge in [0.25, 0.3) is 5.69 Å². The summed E-state index contributed by atoms with van der Waals surface area (Å²) >= 11 is 0. The van der Waals surface area contributed by atoms with Crippen LogP contribution in [0.2, 0.25) is 0 Å². The molecule has 34 heavy (non-hydrogen) atoms. The van der Waals surface area contributed by atoms with E-state index >= 15 is 0 Å². The minimum Gasteiger partial charge on any atom is -0.482 e. The number of nitro benzene ring substituents is 1. The van der Waals surface area contributed by atoms with E-state index in [2.05, 4.69) is 36.4 Å². The summed E-state index contributed by atoms with van der Waals surface area (Å²) in [5.41, 5.74) is 3.79. The number of nitrogens with zero attached hydrogens (tertiary/aromatic N) is 2. The SMILES string of the molecule is O=C(/C=C/c1ccc([N+](=O)[O-])cc1)N1CCC2(C=Cc3cc(-c4ccccc4)ccc3O2)CC1. The fraction of sp³-hybridized carbons (Fsp3) is 0.179. The van der Waals surface area contributed by atoms with Crippen molar-refractivity contribution in [3.63, 3.8) is 0 Å². The molecule has 2 aliphatic rings. The zero-order valence-electron chi connectivity index (χ0n) is 18.6. The van der Waals surface area contributed by atoms with Gasteiger partial charge < -0.3 is 9.64 Å². The molecule has 0 atom stereocenters. The number of piperidine rings is 1. The van der Waals surface area contributed by atoms with E-state index in [1.807, 2.05) is 29.2 Å². The molecule has 5 rings (SSSR count). The first-order valence-electron chi connectivity index (χ1n) is 11.3. The van der Waals surface area contributed by atoms with Crippen molar-refractivity contribution in [2.45, 2.75) is 18.4 Å². The number of fused-ring (bicyclic) bond motifs is 1. The molecule has 0 radical (unpaired) electrons. The van der Waals surface area contributed by atoms with Gasteiger partial charge in [-0.3, -0.25) is 14.9 Å². The highest BCUT2D eigenvalue weighted by Crippen LogP contribution is 2.38. The lowest BCUT2D eigenvalue weighted by Gasteiger charge is -2.41. The second-order valence-electron chi connectivity index (χ2n) is 8.63. The highest BCUT2D eigenvalue weighted by molar-refractivity contribution is 5.92. The van der Waals surface area contributed by atoms with Crippen LogP contribution in [0.3, 0.4) is 0 Å². The fourth-order valence-corrected chi connectivity index (χ4v) is 4.43. The summed E-state index contributed by atoms with van der Waals surface area (Å²) in [6.45, 7) is 1.20. The maximum atomic E-state index is 12.7. The van der Waals surface area contributed by atoms with Crippen molar-refractivity contribution in [3.05, 3.63) is 106 Å². The molecule has 1 saturated heterocycles. The Morgan fingerprint density at radius 2 is 1.71 bits per heavy atom. The van der Waals surface area contributed by atoms with E-state index in [1.165, 1.54) is 23.8 Å². The Kier molecular flexibility index (Phi) is 5.72. The van der Waals surface area contributed by atoms with Gasteiger partial charge in [-0.2, -0.15) is 0 Å². The molecule has 2 aliphatic heterocycles. The van der Waals surface area contributed by atoms with E-state index in [9.17, 15) is 14.9 Å². The Labute approximate surface area is 197 Å². The van der Waals surface area contributed by atoms with Crippen LogP contribution in [-0.4, -0.2) is 34.4 Å². The van der Waals surface area contributed by atoms with Crippen molar-refractivity contribution in [2.75, 3.05) is 13.1 Å². The second-order valence-corrected chi connectivity index (χ2v) is 8.63. The number of carbonyl (C=O) groups is 1. The standard InChI is InChI=1S/C28H24N2O4/c31-27(13-8-21-6-10-25(11-7-21)30(32)33)29-18-16-28(17-19-29)15-14-24-20-23(9-12-26(24)34-28)22-4-2-1-3-5-22/h1-15,20H,16-19H2/b13-8+. The lowest BCUT2D eigenvalue weighted by molar-refractivity contribution is -0.384. The fourth-order valence-electron chi connectivity index (χ4n) is 4.43. The zero-order valence-corrected chi connectivity index (χ0v) is 18.6. The predicted molar refractivity (Wildman–Crippen MR) is 132 cm³/mol. The largest absolute Gasteiger partial charge is 0.482 e. The quantitative estimate of drug-likeness (QED) is 0.287. The van der Waals surface area contributed by atoms with E-state index in [1.54, 1.807) is 18.2 Å². The first kappa shape index (κ1) is 21.6. The summed E-state index contributed by atoms with van der Waals surface area (Å²) in [4.78, 5) is 24.8. The second kappa shape index (κ2) is 8.98. The van der Waals surface area contributed by atoms with Gasteiger partial charge in [-0.1, -0.05) is 42.5 Å². The molecule has 0 N–H and O–H groups in total. The molecule has 0 aromatic heterocycles. The number of ether oxygens (including phenoxy) is 1. The van der Waals surface area contributed by atoms with Crippen LogP contribution in [-0.2, 0) is 4.79 Å². The van der Waals surface area contributed by atoms with E-state index in [0.717, 1.165) is 35.3 Å². The van der Waals surface area contributed by atoms with Crippen molar-refractivity contribution in [2.24, 2.45) is 0 Å². The van der Waals surface area contributed by atoms with Crippen LogP contribution in [0, 0.1) is 10.1 Å². The molecule has 6 nitrogen and oxygen atoms in total. The summed E-state index contributed by atoms with van der Waals surface area (Å²) < 4.78 is 6.44. The van der Waals surface area contributed by atoms with Gasteiger partial charge >= 0.3 is 0 Å². The van der Waals surface area contributed by atoms with Gasteiger partial charge in [0.05, 0.1) is 4.92 Å². The first-order chi connectivity index (χ1) is 16.5. The molecule has 0 saturated carbocycles. The number of benzene rings is 3. The van der Waals surface area contributed by atoms with Gasteiger partial charge in [0.2, 0.25) is 5.91 Å². The van der Waals surface area contributed by atoms with Crippen molar-refractivity contribution in [3.8, 4) is 16.9 Å². The minimum absolute atomic E-state index is 0.0307. The van der Waals surface area contributed by atoms with Gasteiger partial charge in [-0.15, -0.1) is 0 Å². The molecule has 6 heteroatoms. The van der Waals surface area contributed by atoms with E-state index in [-0.39, 0.29) is 17.2 Å². The molecule has 3 aromatic rings. The zero-order chi connectivity index (χ0) is 23.5. The molecule has 0 aliphatic carbocycles. The topological polar surface area (TPSA) is 72.7 Å². The van der Waals surface area contributed by atoms with Crippen LogP contribution < -0.4 is 4.74 Å². The number of rotatable bonds is 4. The number of non-ortho nitro benzene ring substituents is 1. The molecule has 1 spiro atoms. The van der Waals surface area contributed by atoms with Crippen LogP contribution in [0.4, 0.5) is 5.69 Å². The number of likely N-dealkylation sites (tertiary alicyclic amines) is 1. The summed E-state index contributed by atoms with van der Waals surface area (Å²) in [5.74, 6) is 0.806. The number of hydrogen-bond donors (Lipinski definition) is 0. The highest BCUT2D eigenvalue weighted by atomic mass is 16.6. The Hall–Kier alpha value is -4.19. The summed E-state index contributed by atoms with van der Waals surface area (Å²) in [6, 6.07) is 22.7. The van der Waals surface area contributed by atoms with Crippen LogP contribution in [0.1, 0.15) is 24.0 Å². The summed E-state index contributed by atoms with van der Waals surface area (Å²) in [6.07, 6.45) is 8.93. The number of amides is 1.